The number of hydrogen-bond donors (Lipinski definition) is 3. The topological polar surface area (TPSA) is 128 Å². The highest BCUT2D eigenvalue weighted by Gasteiger charge is 2.29. The summed E-state index contributed by atoms with van der Waals surface area (Å²) in [7, 11) is -3.89. The van der Waals surface area contributed by atoms with Gasteiger partial charge in [-0.2, -0.15) is 4.72 Å². The Kier molecular flexibility index (Phi) is 7.29. The Morgan fingerprint density at radius 3 is 2.23 bits per heavy atom. The molecule has 1 aromatic rings. The number of anilines is 1. The maximum atomic E-state index is 12.7. The summed E-state index contributed by atoms with van der Waals surface area (Å²) in [6.45, 7) is 5.19. The summed E-state index contributed by atoms with van der Waals surface area (Å²) in [4.78, 5) is 39.3. The molecule has 1 aliphatic carbocycles. The van der Waals surface area contributed by atoms with Crippen molar-refractivity contribution in [1.29, 1.82) is 0 Å². The fourth-order valence-electron chi connectivity index (χ4n) is 3.38. The van der Waals surface area contributed by atoms with Crippen LogP contribution in [0.3, 0.4) is 0 Å². The largest absolute Gasteiger partial charge is 0.352 e. The lowest BCUT2D eigenvalue weighted by Crippen LogP contribution is -2.55. The Morgan fingerprint density at radius 2 is 1.68 bits per heavy atom. The Hall–Kier alpha value is -2.50. The van der Waals surface area contributed by atoms with Crippen molar-refractivity contribution < 1.29 is 22.8 Å². The van der Waals surface area contributed by atoms with Crippen LogP contribution in [0.15, 0.2) is 29.2 Å². The predicted molar refractivity (Wildman–Crippen MR) is 115 cm³/mol. The Labute approximate surface area is 182 Å². The zero-order valence-corrected chi connectivity index (χ0v) is 18.6. The van der Waals surface area contributed by atoms with E-state index in [-0.39, 0.29) is 22.6 Å². The normalized spacial score (nSPS) is 18.3. The van der Waals surface area contributed by atoms with Crippen LogP contribution in [-0.2, 0) is 24.4 Å². The van der Waals surface area contributed by atoms with Gasteiger partial charge in [0.05, 0.1) is 17.5 Å². The van der Waals surface area contributed by atoms with Crippen molar-refractivity contribution >= 4 is 33.4 Å². The molecular formula is C20H29N5O5S. The van der Waals surface area contributed by atoms with Gasteiger partial charge in [-0.25, -0.2) is 8.42 Å². The van der Waals surface area contributed by atoms with E-state index in [4.69, 9.17) is 0 Å². The van der Waals surface area contributed by atoms with Crippen LogP contribution in [0, 0.1) is 0 Å². The molecule has 31 heavy (non-hydrogen) atoms. The second kappa shape index (κ2) is 9.75. The quantitative estimate of drug-likeness (QED) is 0.499. The predicted octanol–water partition coefficient (Wildman–Crippen LogP) is -0.265. The lowest BCUT2D eigenvalue weighted by Gasteiger charge is -2.35. The minimum absolute atomic E-state index is 0.00717. The summed E-state index contributed by atoms with van der Waals surface area (Å²) in [5, 5.41) is 5.52. The van der Waals surface area contributed by atoms with Gasteiger partial charge in [0.25, 0.3) is 0 Å². The number of amides is 3. The molecular weight excluding hydrogens is 422 g/mol. The fourth-order valence-corrected chi connectivity index (χ4v) is 4.57. The molecule has 2 fully saturated rings. The van der Waals surface area contributed by atoms with Crippen LogP contribution in [0.25, 0.3) is 0 Å². The van der Waals surface area contributed by atoms with Crippen molar-refractivity contribution in [3.05, 3.63) is 24.3 Å². The number of carbonyl (C=O) groups excluding carboxylic acids is 3. The number of piperazine rings is 1. The lowest BCUT2D eigenvalue weighted by molar-refractivity contribution is -0.134. The molecule has 0 radical (unpaired) electrons. The summed E-state index contributed by atoms with van der Waals surface area (Å²) >= 11 is 0. The van der Waals surface area contributed by atoms with Gasteiger partial charge < -0.3 is 15.5 Å². The molecule has 1 saturated carbocycles. The van der Waals surface area contributed by atoms with Crippen molar-refractivity contribution in [3.63, 3.8) is 0 Å². The fraction of sp³-hybridized carbons (Fsp3) is 0.550. The first-order valence-electron chi connectivity index (χ1n) is 10.3. The van der Waals surface area contributed by atoms with Crippen molar-refractivity contribution in [2.45, 2.75) is 43.7 Å². The van der Waals surface area contributed by atoms with Crippen molar-refractivity contribution in [2.24, 2.45) is 0 Å². The van der Waals surface area contributed by atoms with E-state index in [2.05, 4.69) is 15.4 Å². The molecule has 1 aromatic carbocycles. The third-order valence-electron chi connectivity index (χ3n) is 5.18. The summed E-state index contributed by atoms with van der Waals surface area (Å²) < 4.78 is 27.6. The first kappa shape index (κ1) is 23.2. The third-order valence-corrected chi connectivity index (χ3v) is 6.74. The van der Waals surface area contributed by atoms with Gasteiger partial charge >= 0.3 is 0 Å². The zero-order valence-electron chi connectivity index (χ0n) is 17.8. The van der Waals surface area contributed by atoms with E-state index in [9.17, 15) is 22.8 Å². The van der Waals surface area contributed by atoms with Crippen LogP contribution in [0.4, 0.5) is 5.69 Å². The van der Waals surface area contributed by atoms with Gasteiger partial charge in [-0.15, -0.1) is 0 Å². The molecule has 0 unspecified atom stereocenters. The number of hydrogen-bond acceptors (Lipinski definition) is 6. The summed E-state index contributed by atoms with van der Waals surface area (Å²) in [5.74, 6) is -0.551. The molecule has 0 aromatic heterocycles. The highest BCUT2D eigenvalue weighted by Crippen LogP contribution is 2.18. The molecule has 3 N–H and O–H groups in total. The Bertz CT molecular complexity index is 922. The maximum Gasteiger partial charge on any atom is 0.241 e. The molecule has 170 valence electrons. The number of carbonyl (C=O) groups is 3. The van der Waals surface area contributed by atoms with Crippen LogP contribution in [0.2, 0.25) is 0 Å². The van der Waals surface area contributed by atoms with Gasteiger partial charge in [0.2, 0.25) is 27.7 Å². The van der Waals surface area contributed by atoms with E-state index in [0.29, 0.717) is 44.5 Å². The van der Waals surface area contributed by atoms with Gasteiger partial charge in [-0.1, -0.05) is 0 Å². The standard InChI is InChI=1S/C20H29N5O5S/c1-14(23-31(29,30)18-7-5-16(6-8-18)21-15(2)26)20(28)25-11-9-24(10-12-25)13-19(27)22-17-3-4-17/h5-8,14,17,23H,3-4,9-13H2,1-2H3,(H,21,26)(H,22,27)/t14-/m0/s1. The molecule has 0 spiro atoms. The number of nitrogens with zero attached hydrogens (tertiary/aromatic N) is 2. The molecule has 1 atom stereocenters. The third kappa shape index (κ3) is 6.74. The first-order chi connectivity index (χ1) is 14.6. The molecule has 0 bridgehead atoms. The number of rotatable bonds is 8. The molecule has 2 aliphatic rings. The second-order valence-electron chi connectivity index (χ2n) is 7.99. The van der Waals surface area contributed by atoms with Gasteiger partial charge in [0, 0.05) is 44.8 Å². The molecule has 1 saturated heterocycles. The van der Waals surface area contributed by atoms with E-state index in [1.807, 2.05) is 4.90 Å². The second-order valence-corrected chi connectivity index (χ2v) is 9.71. The van der Waals surface area contributed by atoms with E-state index in [1.165, 1.54) is 38.1 Å². The van der Waals surface area contributed by atoms with Crippen molar-refractivity contribution in [2.75, 3.05) is 38.0 Å². The first-order valence-corrected chi connectivity index (χ1v) is 11.8. The summed E-state index contributed by atoms with van der Waals surface area (Å²) in [6.07, 6.45) is 2.09. The van der Waals surface area contributed by atoms with Crippen LogP contribution in [0.5, 0.6) is 0 Å². The highest BCUT2D eigenvalue weighted by atomic mass is 32.2. The van der Waals surface area contributed by atoms with Crippen molar-refractivity contribution in [1.82, 2.24) is 19.8 Å². The van der Waals surface area contributed by atoms with Crippen LogP contribution < -0.4 is 15.4 Å². The minimum atomic E-state index is -3.89. The van der Waals surface area contributed by atoms with Gasteiger partial charge in [-0.3, -0.25) is 19.3 Å². The van der Waals surface area contributed by atoms with E-state index in [0.717, 1.165) is 12.8 Å². The van der Waals surface area contributed by atoms with Gasteiger partial charge in [0.1, 0.15) is 0 Å². The number of sulfonamides is 1. The average Bonchev–Trinajstić information content (AvgIpc) is 3.51. The van der Waals surface area contributed by atoms with Gasteiger partial charge in [-0.05, 0) is 44.0 Å². The maximum absolute atomic E-state index is 12.7. The minimum Gasteiger partial charge on any atom is -0.352 e. The Morgan fingerprint density at radius 1 is 1.06 bits per heavy atom. The van der Waals surface area contributed by atoms with E-state index >= 15 is 0 Å². The zero-order chi connectivity index (χ0) is 22.6. The van der Waals surface area contributed by atoms with Gasteiger partial charge in [0.15, 0.2) is 0 Å². The van der Waals surface area contributed by atoms with Crippen LogP contribution >= 0.6 is 0 Å². The molecule has 10 nitrogen and oxygen atoms in total. The smallest absolute Gasteiger partial charge is 0.241 e. The summed E-state index contributed by atoms with van der Waals surface area (Å²) in [6, 6.07) is 5.12. The number of benzene rings is 1. The molecule has 1 heterocycles. The monoisotopic (exact) mass is 451 g/mol. The van der Waals surface area contributed by atoms with Crippen molar-refractivity contribution in [3.8, 4) is 0 Å². The molecule has 11 heteroatoms. The number of nitrogens with one attached hydrogen (secondary N) is 3. The molecule has 3 amide bonds. The molecule has 1 aliphatic heterocycles. The highest BCUT2D eigenvalue weighted by molar-refractivity contribution is 7.89. The van der Waals surface area contributed by atoms with Crippen LogP contribution in [0.1, 0.15) is 26.7 Å². The SMILES string of the molecule is CC(=O)Nc1ccc(S(=O)(=O)N[C@@H](C)C(=O)N2CCN(CC(=O)NC3CC3)CC2)cc1. The Balaban J connectivity index is 1.49. The molecule has 3 rings (SSSR count). The van der Waals surface area contributed by atoms with E-state index in [1.54, 1.807) is 4.90 Å². The lowest BCUT2D eigenvalue weighted by atomic mass is 10.2. The average molecular weight is 452 g/mol. The van der Waals surface area contributed by atoms with E-state index < -0.39 is 16.1 Å². The van der Waals surface area contributed by atoms with Crippen LogP contribution in [-0.4, -0.2) is 80.7 Å². The summed E-state index contributed by atoms with van der Waals surface area (Å²) in [5.41, 5.74) is 0.485.